The molecule has 2 aliphatic carbocycles. The largest absolute Gasteiger partial charge is 0.497 e. The smallest absolute Gasteiger partial charge is 0.118 e. The van der Waals surface area contributed by atoms with E-state index < -0.39 is 0 Å². The van der Waals surface area contributed by atoms with Crippen molar-refractivity contribution in [2.75, 3.05) is 13.7 Å². The van der Waals surface area contributed by atoms with Crippen molar-refractivity contribution >= 4 is 0 Å². The number of hydrogen-bond acceptors (Lipinski definition) is 2. The summed E-state index contributed by atoms with van der Waals surface area (Å²) in [6, 6.07) is 9.26. The van der Waals surface area contributed by atoms with Crippen LogP contribution in [0.25, 0.3) is 0 Å². The van der Waals surface area contributed by atoms with Crippen LogP contribution in [0.4, 0.5) is 0 Å². The molecule has 2 saturated carbocycles. The molecule has 0 aliphatic heterocycles. The lowest BCUT2D eigenvalue weighted by Crippen LogP contribution is -2.34. The van der Waals surface area contributed by atoms with Crippen LogP contribution < -0.4 is 10.1 Å². The molecule has 98 valence electrons. The number of benzene rings is 1. The van der Waals surface area contributed by atoms with Crippen molar-refractivity contribution in [3.63, 3.8) is 0 Å². The minimum absolute atomic E-state index is 0.822. The van der Waals surface area contributed by atoms with Gasteiger partial charge in [-0.1, -0.05) is 12.1 Å². The molecule has 2 nitrogen and oxygen atoms in total. The summed E-state index contributed by atoms with van der Waals surface area (Å²) >= 11 is 0. The third-order valence-corrected chi connectivity index (χ3v) is 4.21. The number of hydrogen-bond donors (Lipinski definition) is 1. The fourth-order valence-electron chi connectivity index (χ4n) is 2.80. The van der Waals surface area contributed by atoms with E-state index in [9.17, 15) is 0 Å². The van der Waals surface area contributed by atoms with Gasteiger partial charge in [0.15, 0.2) is 0 Å². The maximum absolute atomic E-state index is 5.18. The molecular weight excluding hydrogens is 222 g/mol. The minimum Gasteiger partial charge on any atom is -0.497 e. The molecule has 1 aromatic carbocycles. The van der Waals surface area contributed by atoms with Crippen LogP contribution >= 0.6 is 0 Å². The quantitative estimate of drug-likeness (QED) is 0.797. The molecule has 2 heteroatoms. The van der Waals surface area contributed by atoms with Gasteiger partial charge >= 0.3 is 0 Å². The summed E-state index contributed by atoms with van der Waals surface area (Å²) in [6.07, 6.45) is 6.95. The lowest BCUT2D eigenvalue weighted by molar-refractivity contribution is 0.413. The summed E-state index contributed by atoms with van der Waals surface area (Å²) in [5.74, 6) is 2.93. The van der Waals surface area contributed by atoms with Crippen molar-refractivity contribution in [2.24, 2.45) is 11.8 Å². The van der Waals surface area contributed by atoms with Gasteiger partial charge in [0.05, 0.1) is 7.11 Å². The van der Waals surface area contributed by atoms with Crippen LogP contribution in [0.15, 0.2) is 24.3 Å². The van der Waals surface area contributed by atoms with E-state index in [1.54, 1.807) is 7.11 Å². The molecule has 3 rings (SSSR count). The first-order valence-corrected chi connectivity index (χ1v) is 7.23. The lowest BCUT2D eigenvalue weighted by atomic mass is 10.1. The summed E-state index contributed by atoms with van der Waals surface area (Å²) in [5.41, 5.74) is 1.40. The maximum atomic E-state index is 5.18. The molecule has 0 bridgehead atoms. The average molecular weight is 245 g/mol. The van der Waals surface area contributed by atoms with Gasteiger partial charge in [-0.15, -0.1) is 0 Å². The van der Waals surface area contributed by atoms with Gasteiger partial charge in [0.25, 0.3) is 0 Å². The monoisotopic (exact) mass is 245 g/mol. The second-order valence-corrected chi connectivity index (χ2v) is 5.75. The van der Waals surface area contributed by atoms with Crippen LogP contribution in [0.1, 0.15) is 31.2 Å². The van der Waals surface area contributed by atoms with E-state index in [0.29, 0.717) is 0 Å². The van der Waals surface area contributed by atoms with Crippen molar-refractivity contribution in [2.45, 2.75) is 38.1 Å². The zero-order valence-electron chi connectivity index (χ0n) is 11.2. The van der Waals surface area contributed by atoms with Crippen molar-refractivity contribution < 1.29 is 4.74 Å². The minimum atomic E-state index is 0.822. The van der Waals surface area contributed by atoms with Gasteiger partial charge in [-0.2, -0.15) is 0 Å². The number of rotatable bonds is 7. The lowest BCUT2D eigenvalue weighted by Gasteiger charge is -2.17. The zero-order chi connectivity index (χ0) is 12.4. The molecule has 18 heavy (non-hydrogen) atoms. The predicted octanol–water partition coefficient (Wildman–Crippen LogP) is 3.02. The molecule has 0 aromatic heterocycles. The Morgan fingerprint density at radius 2 is 1.72 bits per heavy atom. The van der Waals surface area contributed by atoms with Gasteiger partial charge in [0.2, 0.25) is 0 Å². The Bertz CT molecular complexity index is 367. The Labute approximate surface area is 110 Å². The summed E-state index contributed by atoms with van der Waals surface area (Å²) < 4.78 is 5.18. The number of methoxy groups -OCH3 is 1. The van der Waals surface area contributed by atoms with E-state index in [0.717, 1.165) is 36.6 Å². The Morgan fingerprint density at radius 3 is 2.22 bits per heavy atom. The molecule has 2 aliphatic rings. The van der Waals surface area contributed by atoms with Crippen LogP contribution in [0, 0.1) is 11.8 Å². The van der Waals surface area contributed by atoms with E-state index >= 15 is 0 Å². The summed E-state index contributed by atoms with van der Waals surface area (Å²) in [6.45, 7) is 1.12. The van der Waals surface area contributed by atoms with E-state index in [-0.39, 0.29) is 0 Å². The summed E-state index contributed by atoms with van der Waals surface area (Å²) in [7, 11) is 1.71. The summed E-state index contributed by atoms with van der Waals surface area (Å²) in [4.78, 5) is 0. The second kappa shape index (κ2) is 5.31. The normalized spacial score (nSPS) is 19.2. The second-order valence-electron chi connectivity index (χ2n) is 5.75. The Morgan fingerprint density at radius 1 is 1.11 bits per heavy atom. The fourth-order valence-corrected chi connectivity index (χ4v) is 2.80. The average Bonchev–Trinajstić information content (AvgIpc) is 3.29. The van der Waals surface area contributed by atoms with Gasteiger partial charge in [-0.05, 0) is 68.2 Å². The highest BCUT2D eigenvalue weighted by Gasteiger charge is 2.40. The van der Waals surface area contributed by atoms with Gasteiger partial charge in [-0.25, -0.2) is 0 Å². The topological polar surface area (TPSA) is 21.3 Å². The Balaban J connectivity index is 1.45. The molecule has 0 spiro atoms. The standard InChI is InChI=1S/C16H23NO/c1-18-15-8-2-12(3-9-15)10-11-17-16(13-4-5-13)14-6-7-14/h2-3,8-9,13-14,16-17H,4-7,10-11H2,1H3. The molecule has 0 heterocycles. The van der Waals surface area contributed by atoms with Gasteiger partial charge in [-0.3, -0.25) is 0 Å². The summed E-state index contributed by atoms with van der Waals surface area (Å²) in [5, 5.41) is 3.79. The van der Waals surface area contributed by atoms with E-state index in [1.807, 2.05) is 0 Å². The molecule has 0 saturated heterocycles. The molecule has 0 unspecified atom stereocenters. The van der Waals surface area contributed by atoms with Crippen LogP contribution in [0.2, 0.25) is 0 Å². The Kier molecular flexibility index (Phi) is 3.55. The van der Waals surface area contributed by atoms with Crippen molar-refractivity contribution in [1.82, 2.24) is 5.32 Å². The molecule has 0 amide bonds. The first kappa shape index (κ1) is 12.0. The van der Waals surface area contributed by atoms with Crippen LogP contribution in [-0.2, 0) is 6.42 Å². The third kappa shape index (κ3) is 3.05. The predicted molar refractivity (Wildman–Crippen MR) is 73.9 cm³/mol. The maximum Gasteiger partial charge on any atom is 0.118 e. The first-order chi connectivity index (χ1) is 8.86. The number of nitrogens with one attached hydrogen (secondary N) is 1. The van der Waals surface area contributed by atoms with Crippen molar-refractivity contribution in [1.29, 1.82) is 0 Å². The highest BCUT2D eigenvalue weighted by Crippen LogP contribution is 2.44. The SMILES string of the molecule is COc1ccc(CCNC(C2CC2)C2CC2)cc1. The third-order valence-electron chi connectivity index (χ3n) is 4.21. The van der Waals surface area contributed by atoms with Crippen LogP contribution in [0.3, 0.4) is 0 Å². The molecule has 1 aromatic rings. The van der Waals surface area contributed by atoms with E-state index in [2.05, 4.69) is 29.6 Å². The first-order valence-electron chi connectivity index (χ1n) is 7.23. The van der Waals surface area contributed by atoms with Crippen LogP contribution in [-0.4, -0.2) is 19.7 Å². The van der Waals surface area contributed by atoms with Gasteiger partial charge in [0, 0.05) is 6.04 Å². The Hall–Kier alpha value is -1.02. The van der Waals surface area contributed by atoms with E-state index in [4.69, 9.17) is 4.74 Å². The molecule has 1 N–H and O–H groups in total. The van der Waals surface area contributed by atoms with Crippen LogP contribution in [0.5, 0.6) is 5.75 Å². The van der Waals surface area contributed by atoms with E-state index in [1.165, 1.54) is 31.2 Å². The highest BCUT2D eigenvalue weighted by molar-refractivity contribution is 5.27. The fraction of sp³-hybridized carbons (Fsp3) is 0.625. The van der Waals surface area contributed by atoms with Crippen molar-refractivity contribution in [3.05, 3.63) is 29.8 Å². The molecular formula is C16H23NO. The van der Waals surface area contributed by atoms with Crippen molar-refractivity contribution in [3.8, 4) is 5.75 Å². The molecule has 0 atom stereocenters. The highest BCUT2D eigenvalue weighted by atomic mass is 16.5. The molecule has 2 fully saturated rings. The van der Waals surface area contributed by atoms with Gasteiger partial charge < -0.3 is 10.1 Å². The molecule has 0 radical (unpaired) electrons. The zero-order valence-corrected chi connectivity index (χ0v) is 11.2. The van der Waals surface area contributed by atoms with Gasteiger partial charge in [0.1, 0.15) is 5.75 Å². The number of ether oxygens (including phenoxy) is 1.